The van der Waals surface area contributed by atoms with Gasteiger partial charge in [-0.1, -0.05) is 20.8 Å². The monoisotopic (exact) mass is 131 g/mol. The average Bonchev–Trinajstić information content (AvgIpc) is 1.14. The fourth-order valence-corrected chi connectivity index (χ4v) is 0.919. The average molecular weight is 131 g/mol. The number of nitrogens with two attached hydrogens (primary N) is 3. The van der Waals surface area contributed by atoms with Gasteiger partial charge in [0.25, 0.3) is 0 Å². The number of hydrogen-bond donors (Lipinski definition) is 3. The Morgan fingerprint density at radius 2 is 1.33 bits per heavy atom. The van der Waals surface area contributed by atoms with Gasteiger partial charge in [0.15, 0.2) is 0 Å². The molecule has 0 aliphatic heterocycles. The van der Waals surface area contributed by atoms with Crippen molar-refractivity contribution in [3.05, 3.63) is 0 Å². The summed E-state index contributed by atoms with van der Waals surface area (Å²) < 4.78 is 0. The molecule has 0 aromatic rings. The molecule has 0 unspecified atom stereocenters. The molecule has 9 heavy (non-hydrogen) atoms. The summed E-state index contributed by atoms with van der Waals surface area (Å²) in [5.41, 5.74) is 16.2. The largest absolute Gasteiger partial charge is 0.301 e. The molecule has 0 amide bonds. The van der Waals surface area contributed by atoms with E-state index >= 15 is 0 Å². The standard InChI is InChI=1S/C6H17N3/c1-5(2,3)4-6(7,8)9/h4,7-9H2,1-3H3. The molecule has 0 aliphatic rings. The van der Waals surface area contributed by atoms with Gasteiger partial charge in [-0.25, -0.2) is 0 Å². The Hall–Kier alpha value is -0.120. The molecule has 0 heterocycles. The van der Waals surface area contributed by atoms with Crippen molar-refractivity contribution < 1.29 is 0 Å². The molecule has 0 radical (unpaired) electrons. The molecule has 0 saturated carbocycles. The van der Waals surface area contributed by atoms with E-state index in [0.717, 1.165) is 0 Å². The Morgan fingerprint density at radius 1 is 1.00 bits per heavy atom. The van der Waals surface area contributed by atoms with Gasteiger partial charge >= 0.3 is 0 Å². The quantitative estimate of drug-likeness (QED) is 0.437. The molecule has 6 N–H and O–H groups in total. The molecule has 0 bridgehead atoms. The minimum absolute atomic E-state index is 0.109. The molecule has 0 spiro atoms. The first kappa shape index (κ1) is 8.88. The zero-order valence-electron chi connectivity index (χ0n) is 6.44. The van der Waals surface area contributed by atoms with Crippen molar-refractivity contribution in [1.82, 2.24) is 0 Å². The molecule has 0 atom stereocenters. The van der Waals surface area contributed by atoms with Crippen LogP contribution in [0, 0.1) is 5.41 Å². The lowest BCUT2D eigenvalue weighted by Crippen LogP contribution is -2.59. The van der Waals surface area contributed by atoms with Crippen LogP contribution < -0.4 is 17.2 Å². The molecule has 3 heteroatoms. The van der Waals surface area contributed by atoms with Crippen molar-refractivity contribution in [2.75, 3.05) is 0 Å². The lowest BCUT2D eigenvalue weighted by molar-refractivity contribution is 0.265. The van der Waals surface area contributed by atoms with E-state index in [1.165, 1.54) is 0 Å². The van der Waals surface area contributed by atoms with E-state index < -0.39 is 5.79 Å². The van der Waals surface area contributed by atoms with E-state index in [-0.39, 0.29) is 5.41 Å². The summed E-state index contributed by atoms with van der Waals surface area (Å²) >= 11 is 0. The van der Waals surface area contributed by atoms with E-state index in [9.17, 15) is 0 Å². The van der Waals surface area contributed by atoms with Gasteiger partial charge in [-0.05, 0) is 11.8 Å². The second kappa shape index (κ2) is 2.25. The Balaban J connectivity index is 3.75. The molecule has 0 aromatic heterocycles. The molecule has 0 rings (SSSR count). The third-order valence-corrected chi connectivity index (χ3v) is 0.837. The molecule has 0 saturated heterocycles. The van der Waals surface area contributed by atoms with Crippen molar-refractivity contribution in [3.8, 4) is 0 Å². The highest BCUT2D eigenvalue weighted by Crippen LogP contribution is 2.20. The van der Waals surface area contributed by atoms with E-state index in [1.807, 2.05) is 20.8 Å². The van der Waals surface area contributed by atoms with Gasteiger partial charge in [-0.15, -0.1) is 0 Å². The van der Waals surface area contributed by atoms with Crippen LogP contribution in [-0.4, -0.2) is 5.79 Å². The predicted octanol–water partition coefficient (Wildman–Crippen LogP) is -0.0475. The highest BCUT2D eigenvalue weighted by Gasteiger charge is 2.21. The van der Waals surface area contributed by atoms with E-state index in [2.05, 4.69) is 0 Å². The van der Waals surface area contributed by atoms with E-state index in [1.54, 1.807) is 0 Å². The Kier molecular flexibility index (Phi) is 2.22. The highest BCUT2D eigenvalue weighted by molar-refractivity contribution is 4.75. The summed E-state index contributed by atoms with van der Waals surface area (Å²) in [6.07, 6.45) is 0.625. The fraction of sp³-hybridized carbons (Fsp3) is 1.00. The molecular formula is C6H17N3. The van der Waals surface area contributed by atoms with Crippen LogP contribution in [0.25, 0.3) is 0 Å². The third-order valence-electron chi connectivity index (χ3n) is 0.837. The summed E-state index contributed by atoms with van der Waals surface area (Å²) in [5.74, 6) is -1.02. The highest BCUT2D eigenvalue weighted by atomic mass is 15.1. The molecule has 3 nitrogen and oxygen atoms in total. The maximum absolute atomic E-state index is 5.38. The maximum atomic E-state index is 5.38. The molecule has 0 aromatic carbocycles. The summed E-state index contributed by atoms with van der Waals surface area (Å²) in [7, 11) is 0. The predicted molar refractivity (Wildman–Crippen MR) is 39.4 cm³/mol. The molecule has 0 fully saturated rings. The van der Waals surface area contributed by atoms with Gasteiger partial charge in [0.2, 0.25) is 0 Å². The van der Waals surface area contributed by atoms with Crippen LogP contribution in [0.15, 0.2) is 0 Å². The number of hydrogen-bond acceptors (Lipinski definition) is 3. The van der Waals surface area contributed by atoms with Gasteiger partial charge in [-0.2, -0.15) is 0 Å². The normalized spacial score (nSPS) is 14.0. The van der Waals surface area contributed by atoms with Gasteiger partial charge in [0.1, 0.15) is 5.79 Å². The van der Waals surface area contributed by atoms with Crippen molar-refractivity contribution in [3.63, 3.8) is 0 Å². The van der Waals surface area contributed by atoms with E-state index in [4.69, 9.17) is 17.2 Å². The second-order valence-corrected chi connectivity index (χ2v) is 3.85. The number of rotatable bonds is 1. The molecule has 56 valence electrons. The lowest BCUT2D eigenvalue weighted by atomic mass is 9.89. The SMILES string of the molecule is CC(C)(C)CC(N)(N)N. The van der Waals surface area contributed by atoms with Crippen molar-refractivity contribution in [1.29, 1.82) is 0 Å². The topological polar surface area (TPSA) is 78.1 Å². The zero-order chi connectivity index (χ0) is 7.71. The zero-order valence-corrected chi connectivity index (χ0v) is 6.44. The van der Waals surface area contributed by atoms with E-state index in [0.29, 0.717) is 6.42 Å². The smallest absolute Gasteiger partial charge is 0.116 e. The lowest BCUT2D eigenvalue weighted by Gasteiger charge is -2.27. The van der Waals surface area contributed by atoms with Crippen LogP contribution in [-0.2, 0) is 0 Å². The first-order valence-electron chi connectivity index (χ1n) is 3.07. The maximum Gasteiger partial charge on any atom is 0.116 e. The first-order chi connectivity index (χ1) is 3.71. The van der Waals surface area contributed by atoms with Crippen molar-refractivity contribution in [2.45, 2.75) is 33.0 Å². The molecule has 0 aliphatic carbocycles. The summed E-state index contributed by atoms with van der Waals surface area (Å²) in [4.78, 5) is 0. The summed E-state index contributed by atoms with van der Waals surface area (Å²) in [6.45, 7) is 6.15. The van der Waals surface area contributed by atoms with Crippen LogP contribution in [0.1, 0.15) is 27.2 Å². The fourth-order valence-electron chi connectivity index (χ4n) is 0.919. The van der Waals surface area contributed by atoms with Crippen LogP contribution >= 0.6 is 0 Å². The van der Waals surface area contributed by atoms with Crippen LogP contribution in [0.2, 0.25) is 0 Å². The summed E-state index contributed by atoms with van der Waals surface area (Å²) in [6, 6.07) is 0. The van der Waals surface area contributed by atoms with Crippen LogP contribution in [0.3, 0.4) is 0 Å². The minimum Gasteiger partial charge on any atom is -0.301 e. The minimum atomic E-state index is -1.02. The van der Waals surface area contributed by atoms with Gasteiger partial charge in [-0.3, -0.25) is 0 Å². The van der Waals surface area contributed by atoms with Crippen molar-refractivity contribution in [2.24, 2.45) is 22.6 Å². The Morgan fingerprint density at radius 3 is 1.33 bits per heavy atom. The molecular weight excluding hydrogens is 114 g/mol. The van der Waals surface area contributed by atoms with Crippen LogP contribution in [0.4, 0.5) is 0 Å². The summed E-state index contributed by atoms with van der Waals surface area (Å²) in [5, 5.41) is 0. The van der Waals surface area contributed by atoms with Gasteiger partial charge in [0.05, 0.1) is 0 Å². The third kappa shape index (κ3) is 7.88. The first-order valence-corrected chi connectivity index (χ1v) is 3.07. The Labute approximate surface area is 56.6 Å². The van der Waals surface area contributed by atoms with Crippen LogP contribution in [0.5, 0.6) is 0 Å². The second-order valence-electron chi connectivity index (χ2n) is 3.85. The Bertz CT molecular complexity index is 73.5. The van der Waals surface area contributed by atoms with Crippen molar-refractivity contribution >= 4 is 0 Å². The van der Waals surface area contributed by atoms with Gasteiger partial charge in [0, 0.05) is 0 Å². The van der Waals surface area contributed by atoms with Gasteiger partial charge < -0.3 is 17.2 Å².